The van der Waals surface area contributed by atoms with Gasteiger partial charge in [0.1, 0.15) is 0 Å². The first-order chi connectivity index (χ1) is 1.41. The van der Waals surface area contributed by atoms with Gasteiger partial charge in [0.2, 0.25) is 0 Å². The Morgan fingerprint density at radius 2 is 1.75 bits per heavy atom. The molecule has 0 aliphatic carbocycles. The van der Waals surface area contributed by atoms with Crippen LogP contribution in [0.3, 0.4) is 0 Å². The first-order valence-electron chi connectivity index (χ1n) is 0.365. The number of rotatable bonds is 0. The predicted molar refractivity (Wildman–Crippen MR) is 9.16 cm³/mol. The molecule has 0 amide bonds. The maximum atomic E-state index is 8.00. The van der Waals surface area contributed by atoms with Crippen molar-refractivity contribution < 1.29 is 26.2 Å². The summed E-state index contributed by atoms with van der Waals surface area (Å²) in [5.41, 5.74) is 0. The van der Waals surface area contributed by atoms with Gasteiger partial charge in [0.25, 0.3) is 0 Å². The number of hydrogen-bond acceptors (Lipinski definition) is 3. The Morgan fingerprint density at radius 1 is 1.75 bits per heavy atom. The van der Waals surface area contributed by atoms with Crippen LogP contribution < -0.4 is 0 Å². The predicted octanol–water partition coefficient (Wildman–Crippen LogP) is 0.248. The van der Waals surface area contributed by atoms with Crippen molar-refractivity contribution in [3.05, 3.63) is 10.1 Å². The van der Waals surface area contributed by atoms with E-state index in [0.29, 0.717) is 0 Å². The molecule has 0 rings (SSSR count). The van der Waals surface area contributed by atoms with Gasteiger partial charge in [-0.25, -0.2) is 0 Å². The van der Waals surface area contributed by atoms with Gasteiger partial charge in [0.05, 0.1) is 0 Å². The molecule has 0 fully saturated rings. The maximum Gasteiger partial charge on any atom is 0 e. The largest absolute Gasteiger partial charge is 0.444 e. The molecule has 4 heavy (non-hydrogen) atoms. The zero-order chi connectivity index (χ0) is 2.71. The van der Waals surface area contributed by atoms with Gasteiger partial charge in [-0.1, -0.05) is 0 Å². The molecule has 4 heteroatoms. The molecule has 0 aromatic heterocycles. The van der Waals surface area contributed by atoms with Crippen molar-refractivity contribution in [3.63, 3.8) is 0 Å². The van der Waals surface area contributed by atoms with E-state index in [9.17, 15) is 0 Å². The Morgan fingerprint density at radius 3 is 1.75 bits per heavy atom. The molecule has 3 nitrogen and oxygen atoms in total. The first kappa shape index (κ1) is 8.86. The summed E-state index contributed by atoms with van der Waals surface area (Å²) >= 11 is 0. The Labute approximate surface area is 42.1 Å². The Balaban J connectivity index is 0. The molecule has 0 aromatic carbocycles. The molecule has 0 radical (unpaired) electrons. The molecule has 0 atom stereocenters. The molecule has 22 valence electrons. The molecular weight excluding hydrogens is 137 g/mol. The molecular formula is NO2Zr-. The summed E-state index contributed by atoms with van der Waals surface area (Å²) in [5, 5.41) is 9.00. The van der Waals surface area contributed by atoms with E-state index < -0.39 is 0 Å². The van der Waals surface area contributed by atoms with E-state index in [1.54, 1.807) is 0 Å². The van der Waals surface area contributed by atoms with Gasteiger partial charge in [-0.05, 0) is 0 Å². The number of hydrogen-bond donors (Lipinski definition) is 0. The van der Waals surface area contributed by atoms with E-state index >= 15 is 0 Å². The Kier molecular flexibility index (Phi) is 23.0. The van der Waals surface area contributed by atoms with Gasteiger partial charge in [0.15, 0.2) is 0 Å². The van der Waals surface area contributed by atoms with Crippen LogP contribution >= 0.6 is 0 Å². The normalized spacial score (nSPS) is 3.00. The molecule has 0 saturated heterocycles. The smallest absolute Gasteiger partial charge is 0 e. The molecule has 0 aliphatic rings. The number of nitrogens with zero attached hydrogens (tertiary/aromatic N) is 1. The second-order valence-electron chi connectivity index (χ2n) is 0.0745. The van der Waals surface area contributed by atoms with Crippen molar-refractivity contribution in [1.82, 2.24) is 0 Å². The summed E-state index contributed by atoms with van der Waals surface area (Å²) in [5.74, 6) is 0. The minimum absolute atomic E-state index is 0. The minimum atomic E-state index is 0. The Bertz CT molecular complexity index is 13.5. The van der Waals surface area contributed by atoms with Crippen molar-refractivity contribution >= 4 is 0 Å². The second-order valence-corrected chi connectivity index (χ2v) is 0.0745. The zero-order valence-corrected chi connectivity index (χ0v) is 4.22. The van der Waals surface area contributed by atoms with E-state index in [1.807, 2.05) is 0 Å². The molecule has 0 aromatic rings. The SMILES string of the molecule is O=N[O-].[Zr]. The topological polar surface area (TPSA) is 52.5 Å². The van der Waals surface area contributed by atoms with Crippen LogP contribution in [0.5, 0.6) is 0 Å². The Hall–Kier alpha value is 0.283. The molecule has 0 bridgehead atoms. The summed E-state index contributed by atoms with van der Waals surface area (Å²) < 4.78 is 0. The van der Waals surface area contributed by atoms with Gasteiger partial charge in [-0.15, -0.1) is 5.34 Å². The summed E-state index contributed by atoms with van der Waals surface area (Å²) in [7, 11) is 0. The third kappa shape index (κ3) is 46.9. The molecule has 0 unspecified atom stereocenters. The van der Waals surface area contributed by atoms with E-state index in [0.717, 1.165) is 5.34 Å². The zero-order valence-electron chi connectivity index (χ0n) is 1.76. The summed E-state index contributed by atoms with van der Waals surface area (Å²) in [6.07, 6.45) is 0. The first-order valence-corrected chi connectivity index (χ1v) is 0.365. The average Bonchev–Trinajstić information content (AvgIpc) is 0.918. The third-order valence-corrected chi connectivity index (χ3v) is 0. The van der Waals surface area contributed by atoms with Crippen molar-refractivity contribution in [3.8, 4) is 0 Å². The molecule has 0 spiro atoms. The second kappa shape index (κ2) is 10.4. The van der Waals surface area contributed by atoms with Crippen molar-refractivity contribution in [1.29, 1.82) is 0 Å². The van der Waals surface area contributed by atoms with E-state index in [4.69, 9.17) is 10.1 Å². The molecule has 0 N–H and O–H groups in total. The van der Waals surface area contributed by atoms with Crippen molar-refractivity contribution in [2.45, 2.75) is 0 Å². The fourth-order valence-corrected chi connectivity index (χ4v) is 0. The fraction of sp³-hybridized carbons (Fsp3) is 0. The summed E-state index contributed by atoms with van der Waals surface area (Å²) in [4.78, 5) is 8.00. The van der Waals surface area contributed by atoms with Gasteiger partial charge in [-0.3, -0.25) is 0 Å². The van der Waals surface area contributed by atoms with Crippen LogP contribution in [0.25, 0.3) is 0 Å². The average molecular weight is 137 g/mol. The standard InChI is InChI=1S/HNO2.Zr/c2-1-3;/h(H,2,3);/p-1. The quantitative estimate of drug-likeness (QED) is 0.355. The van der Waals surface area contributed by atoms with Crippen LogP contribution in [-0.4, -0.2) is 0 Å². The fourth-order valence-electron chi connectivity index (χ4n) is 0. The van der Waals surface area contributed by atoms with Gasteiger partial charge >= 0.3 is 0 Å². The van der Waals surface area contributed by atoms with Crippen molar-refractivity contribution in [2.75, 3.05) is 0 Å². The van der Waals surface area contributed by atoms with Crippen LogP contribution in [0.15, 0.2) is 5.34 Å². The molecule has 0 heterocycles. The summed E-state index contributed by atoms with van der Waals surface area (Å²) in [6.45, 7) is 0. The van der Waals surface area contributed by atoms with E-state index in [2.05, 4.69) is 0 Å². The van der Waals surface area contributed by atoms with Crippen LogP contribution in [-0.2, 0) is 26.2 Å². The third-order valence-electron chi connectivity index (χ3n) is 0. The monoisotopic (exact) mass is 136 g/mol. The van der Waals surface area contributed by atoms with Gasteiger partial charge in [-0.2, -0.15) is 0 Å². The van der Waals surface area contributed by atoms with Crippen molar-refractivity contribution in [2.24, 2.45) is 5.34 Å². The van der Waals surface area contributed by atoms with Crippen LogP contribution in [0.4, 0.5) is 0 Å². The molecule has 0 aliphatic heterocycles. The maximum absolute atomic E-state index is 8.00. The van der Waals surface area contributed by atoms with Crippen LogP contribution in [0.1, 0.15) is 0 Å². The van der Waals surface area contributed by atoms with Crippen LogP contribution in [0, 0.1) is 10.1 Å². The van der Waals surface area contributed by atoms with Crippen LogP contribution in [0.2, 0.25) is 0 Å². The summed E-state index contributed by atoms with van der Waals surface area (Å²) in [6, 6.07) is 0. The van der Waals surface area contributed by atoms with Gasteiger partial charge in [0, 0.05) is 26.2 Å². The van der Waals surface area contributed by atoms with E-state index in [-0.39, 0.29) is 26.2 Å². The van der Waals surface area contributed by atoms with Gasteiger partial charge < -0.3 is 10.1 Å². The van der Waals surface area contributed by atoms with E-state index in [1.165, 1.54) is 0 Å². The minimum Gasteiger partial charge on any atom is -0.444 e. The molecule has 0 saturated carbocycles.